The minimum Gasteiger partial charge on any atom is -0.265 e. The summed E-state index contributed by atoms with van der Waals surface area (Å²) < 4.78 is 0. The second-order valence-corrected chi connectivity index (χ2v) is 2.18. The second-order valence-electron chi connectivity index (χ2n) is 2.18. The molecule has 0 bridgehead atoms. The largest absolute Gasteiger partial charge is 0.265 e. The summed E-state index contributed by atoms with van der Waals surface area (Å²) in [6, 6.07) is 4.06. The van der Waals surface area contributed by atoms with Crippen LogP contribution in [0.4, 0.5) is 0 Å². The average molecular weight is 133 g/mol. The lowest BCUT2D eigenvalue weighted by Crippen LogP contribution is -1.81. The van der Waals surface area contributed by atoms with E-state index in [1.807, 2.05) is 30.6 Å². The highest BCUT2D eigenvalue weighted by Crippen LogP contribution is 1.99. The minimum absolute atomic E-state index is 1.05. The summed E-state index contributed by atoms with van der Waals surface area (Å²) in [5.74, 6) is 0. The molecule has 52 valence electrons. The molecule has 1 aromatic rings. The van der Waals surface area contributed by atoms with E-state index in [0.717, 1.165) is 12.8 Å². The molecule has 1 heteroatoms. The van der Waals surface area contributed by atoms with Crippen molar-refractivity contribution in [2.24, 2.45) is 0 Å². The number of rotatable bonds is 3. The SMILES string of the molecule is C=CCCc1ccncc1. The molecule has 0 unspecified atom stereocenters. The van der Waals surface area contributed by atoms with Gasteiger partial charge in [0.1, 0.15) is 0 Å². The molecule has 1 rings (SSSR count). The second kappa shape index (κ2) is 3.83. The zero-order valence-corrected chi connectivity index (χ0v) is 5.96. The third kappa shape index (κ3) is 2.02. The Bertz CT molecular complexity index is 191. The summed E-state index contributed by atoms with van der Waals surface area (Å²) in [6.07, 6.45) is 7.69. The number of allylic oxidation sites excluding steroid dienone is 1. The van der Waals surface area contributed by atoms with E-state index in [1.165, 1.54) is 5.56 Å². The summed E-state index contributed by atoms with van der Waals surface area (Å²) in [7, 11) is 0. The van der Waals surface area contributed by atoms with Crippen LogP contribution in [0.15, 0.2) is 37.2 Å². The van der Waals surface area contributed by atoms with Gasteiger partial charge in [0.05, 0.1) is 0 Å². The molecular formula is C9H11N. The Morgan fingerprint density at radius 2 is 2.10 bits per heavy atom. The summed E-state index contributed by atoms with van der Waals surface area (Å²) >= 11 is 0. The van der Waals surface area contributed by atoms with Crippen LogP contribution in [0.1, 0.15) is 12.0 Å². The molecule has 0 aliphatic carbocycles. The number of aryl methyl sites for hydroxylation is 1. The van der Waals surface area contributed by atoms with Crippen molar-refractivity contribution in [1.82, 2.24) is 4.98 Å². The van der Waals surface area contributed by atoms with Gasteiger partial charge in [-0.15, -0.1) is 6.58 Å². The first-order chi connectivity index (χ1) is 4.93. The van der Waals surface area contributed by atoms with Crippen LogP contribution in [-0.4, -0.2) is 4.98 Å². The summed E-state index contributed by atoms with van der Waals surface area (Å²) in [5, 5.41) is 0. The lowest BCUT2D eigenvalue weighted by Gasteiger charge is -1.94. The van der Waals surface area contributed by atoms with Gasteiger partial charge in [0.15, 0.2) is 0 Å². The zero-order chi connectivity index (χ0) is 7.23. The van der Waals surface area contributed by atoms with E-state index in [9.17, 15) is 0 Å². The van der Waals surface area contributed by atoms with Crippen LogP contribution in [0, 0.1) is 0 Å². The predicted molar refractivity (Wildman–Crippen MR) is 42.8 cm³/mol. The fourth-order valence-corrected chi connectivity index (χ4v) is 0.818. The number of hydrogen-bond donors (Lipinski definition) is 0. The molecule has 0 N–H and O–H groups in total. The van der Waals surface area contributed by atoms with E-state index in [-0.39, 0.29) is 0 Å². The number of aromatic nitrogens is 1. The van der Waals surface area contributed by atoms with Crippen molar-refractivity contribution in [3.8, 4) is 0 Å². The molecule has 10 heavy (non-hydrogen) atoms. The van der Waals surface area contributed by atoms with Crippen molar-refractivity contribution in [3.05, 3.63) is 42.7 Å². The Kier molecular flexibility index (Phi) is 2.68. The maximum Gasteiger partial charge on any atom is 0.0270 e. The highest BCUT2D eigenvalue weighted by Gasteiger charge is 1.86. The molecule has 0 amide bonds. The van der Waals surface area contributed by atoms with Crippen molar-refractivity contribution in [3.63, 3.8) is 0 Å². The van der Waals surface area contributed by atoms with Crippen LogP contribution >= 0.6 is 0 Å². The predicted octanol–water partition coefficient (Wildman–Crippen LogP) is 2.20. The summed E-state index contributed by atoms with van der Waals surface area (Å²) in [4.78, 5) is 3.93. The normalized spacial score (nSPS) is 9.20. The smallest absolute Gasteiger partial charge is 0.0270 e. The fraction of sp³-hybridized carbons (Fsp3) is 0.222. The number of nitrogens with zero attached hydrogens (tertiary/aromatic N) is 1. The Morgan fingerprint density at radius 1 is 1.40 bits per heavy atom. The van der Waals surface area contributed by atoms with Gasteiger partial charge in [-0.05, 0) is 30.5 Å². The van der Waals surface area contributed by atoms with Crippen LogP contribution in [-0.2, 0) is 6.42 Å². The van der Waals surface area contributed by atoms with Gasteiger partial charge in [-0.1, -0.05) is 6.08 Å². The molecular weight excluding hydrogens is 122 g/mol. The third-order valence-electron chi connectivity index (χ3n) is 1.39. The molecule has 0 spiro atoms. The molecule has 0 aliphatic rings. The van der Waals surface area contributed by atoms with E-state index in [1.54, 1.807) is 0 Å². The first-order valence-electron chi connectivity index (χ1n) is 3.43. The van der Waals surface area contributed by atoms with Crippen LogP contribution in [0.25, 0.3) is 0 Å². The van der Waals surface area contributed by atoms with Crippen molar-refractivity contribution in [1.29, 1.82) is 0 Å². The topological polar surface area (TPSA) is 12.9 Å². The molecule has 0 aliphatic heterocycles. The van der Waals surface area contributed by atoms with Crippen LogP contribution < -0.4 is 0 Å². The molecule has 0 fully saturated rings. The van der Waals surface area contributed by atoms with E-state index < -0.39 is 0 Å². The Balaban J connectivity index is 2.50. The van der Waals surface area contributed by atoms with Gasteiger partial charge in [-0.3, -0.25) is 4.98 Å². The highest BCUT2D eigenvalue weighted by molar-refractivity contribution is 5.10. The van der Waals surface area contributed by atoms with Gasteiger partial charge in [0.2, 0.25) is 0 Å². The van der Waals surface area contributed by atoms with Crippen molar-refractivity contribution >= 4 is 0 Å². The van der Waals surface area contributed by atoms with Crippen LogP contribution in [0.3, 0.4) is 0 Å². The van der Waals surface area contributed by atoms with Gasteiger partial charge in [0, 0.05) is 12.4 Å². The van der Waals surface area contributed by atoms with Crippen LogP contribution in [0.5, 0.6) is 0 Å². The summed E-state index contributed by atoms with van der Waals surface area (Å²) in [5.41, 5.74) is 1.33. The highest BCUT2D eigenvalue weighted by atomic mass is 14.6. The third-order valence-corrected chi connectivity index (χ3v) is 1.39. The Labute approximate surface area is 61.4 Å². The molecule has 1 nitrogen and oxygen atoms in total. The molecule has 1 heterocycles. The molecule has 0 aromatic carbocycles. The first kappa shape index (κ1) is 7.00. The Morgan fingerprint density at radius 3 is 2.70 bits per heavy atom. The lowest BCUT2D eigenvalue weighted by atomic mass is 10.1. The van der Waals surface area contributed by atoms with E-state index in [0.29, 0.717) is 0 Å². The van der Waals surface area contributed by atoms with Gasteiger partial charge in [-0.2, -0.15) is 0 Å². The lowest BCUT2D eigenvalue weighted by molar-refractivity contribution is 0.997. The monoisotopic (exact) mass is 133 g/mol. The standard InChI is InChI=1S/C9H11N/c1-2-3-4-9-5-7-10-8-6-9/h2,5-8H,1,3-4H2. The van der Waals surface area contributed by atoms with Crippen molar-refractivity contribution in [2.75, 3.05) is 0 Å². The zero-order valence-electron chi connectivity index (χ0n) is 5.96. The Hall–Kier alpha value is -1.11. The molecule has 0 saturated heterocycles. The van der Waals surface area contributed by atoms with E-state index in [2.05, 4.69) is 11.6 Å². The van der Waals surface area contributed by atoms with Crippen molar-refractivity contribution < 1.29 is 0 Å². The van der Waals surface area contributed by atoms with Gasteiger partial charge in [0.25, 0.3) is 0 Å². The van der Waals surface area contributed by atoms with E-state index in [4.69, 9.17) is 0 Å². The number of pyridine rings is 1. The van der Waals surface area contributed by atoms with Gasteiger partial charge < -0.3 is 0 Å². The van der Waals surface area contributed by atoms with E-state index >= 15 is 0 Å². The maximum absolute atomic E-state index is 3.93. The quantitative estimate of drug-likeness (QED) is 0.576. The number of hydrogen-bond acceptors (Lipinski definition) is 1. The molecule has 0 saturated carbocycles. The fourth-order valence-electron chi connectivity index (χ4n) is 0.818. The van der Waals surface area contributed by atoms with Gasteiger partial charge in [-0.25, -0.2) is 0 Å². The molecule has 1 aromatic heterocycles. The summed E-state index contributed by atoms with van der Waals surface area (Å²) in [6.45, 7) is 3.66. The van der Waals surface area contributed by atoms with Gasteiger partial charge >= 0.3 is 0 Å². The molecule has 0 atom stereocenters. The average Bonchev–Trinajstić information content (AvgIpc) is 2.03. The molecule has 0 radical (unpaired) electrons. The van der Waals surface area contributed by atoms with Crippen LogP contribution in [0.2, 0.25) is 0 Å². The van der Waals surface area contributed by atoms with Crippen molar-refractivity contribution in [2.45, 2.75) is 12.8 Å². The maximum atomic E-state index is 3.93. The first-order valence-corrected chi connectivity index (χ1v) is 3.43. The minimum atomic E-state index is 1.05.